The number of aromatic carboxylic acids is 1. The van der Waals surface area contributed by atoms with Crippen LogP contribution in [-0.4, -0.2) is 16.1 Å². The fourth-order valence-corrected chi connectivity index (χ4v) is 4.55. The van der Waals surface area contributed by atoms with Gasteiger partial charge >= 0.3 is 5.97 Å². The Hall–Kier alpha value is -1.94. The second-order valence-corrected chi connectivity index (χ2v) is 7.87. The monoisotopic (exact) mass is 339 g/mol. The summed E-state index contributed by atoms with van der Waals surface area (Å²) in [5.41, 5.74) is 4.21. The minimum atomic E-state index is -0.887. The molecule has 124 valence electrons. The van der Waals surface area contributed by atoms with E-state index in [2.05, 4.69) is 6.08 Å². The van der Waals surface area contributed by atoms with Crippen LogP contribution in [0.1, 0.15) is 53.0 Å². The van der Waals surface area contributed by atoms with Crippen LogP contribution in [0.3, 0.4) is 0 Å². The van der Waals surface area contributed by atoms with Gasteiger partial charge in [0.05, 0.1) is 11.3 Å². The Labute approximate surface area is 146 Å². The van der Waals surface area contributed by atoms with E-state index in [9.17, 15) is 4.79 Å². The van der Waals surface area contributed by atoms with Crippen LogP contribution in [0.2, 0.25) is 0 Å². The van der Waals surface area contributed by atoms with E-state index in [-0.39, 0.29) is 0 Å². The molecule has 2 aromatic rings. The molecule has 0 spiro atoms. The zero-order valence-corrected chi connectivity index (χ0v) is 14.4. The van der Waals surface area contributed by atoms with Gasteiger partial charge in [0.2, 0.25) is 0 Å². The summed E-state index contributed by atoms with van der Waals surface area (Å²) in [6, 6.07) is 7.04. The smallest absolute Gasteiger partial charge is 0.335 e. The molecule has 0 saturated heterocycles. The molecule has 0 aliphatic heterocycles. The second-order valence-electron chi connectivity index (χ2n) is 6.79. The molecule has 1 fully saturated rings. The van der Waals surface area contributed by atoms with Crippen molar-refractivity contribution < 1.29 is 9.90 Å². The number of aryl methyl sites for hydroxylation is 2. The molecule has 2 aliphatic rings. The van der Waals surface area contributed by atoms with E-state index in [1.165, 1.54) is 36.3 Å². The summed E-state index contributed by atoms with van der Waals surface area (Å²) in [7, 11) is 0. The van der Waals surface area contributed by atoms with E-state index in [1.807, 2.05) is 12.1 Å². The maximum Gasteiger partial charge on any atom is 0.335 e. The first-order chi connectivity index (χ1) is 11.7. The minimum Gasteiger partial charge on any atom is -0.478 e. The fraction of sp³-hybridized carbons (Fsp3) is 0.400. The van der Waals surface area contributed by atoms with Gasteiger partial charge in [-0.1, -0.05) is 30.2 Å². The lowest BCUT2D eigenvalue weighted by Crippen LogP contribution is -2.08. The van der Waals surface area contributed by atoms with E-state index in [0.717, 1.165) is 35.8 Å². The molecular weight excluding hydrogens is 318 g/mol. The van der Waals surface area contributed by atoms with Crippen LogP contribution < -0.4 is 0 Å². The molecular formula is C20H21NO2S. The van der Waals surface area contributed by atoms with Crippen molar-refractivity contribution in [3.63, 3.8) is 0 Å². The molecule has 1 saturated carbocycles. The number of allylic oxidation sites excluding steroid dienone is 2. The second kappa shape index (κ2) is 6.52. The SMILES string of the molecule is O=C(O)c1ccc(-c2nc3c(s2)CCC(=CC2CCC2)CC3)cc1. The van der Waals surface area contributed by atoms with Crippen LogP contribution in [0.25, 0.3) is 10.6 Å². The number of nitrogens with zero attached hydrogens (tertiary/aromatic N) is 1. The molecule has 0 amide bonds. The van der Waals surface area contributed by atoms with Crippen LogP contribution in [-0.2, 0) is 12.8 Å². The Morgan fingerprint density at radius 2 is 1.88 bits per heavy atom. The van der Waals surface area contributed by atoms with E-state index in [0.29, 0.717) is 5.56 Å². The number of benzene rings is 1. The normalized spacial score (nSPS) is 19.6. The molecule has 4 rings (SSSR count). The molecule has 1 aromatic carbocycles. The predicted octanol–water partition coefficient (Wildman–Crippen LogP) is 5.11. The lowest BCUT2D eigenvalue weighted by Gasteiger charge is -2.23. The third-order valence-corrected chi connectivity index (χ3v) is 6.34. The fourth-order valence-electron chi connectivity index (χ4n) is 3.44. The van der Waals surface area contributed by atoms with Crippen molar-refractivity contribution in [2.75, 3.05) is 0 Å². The molecule has 1 aromatic heterocycles. The molecule has 4 heteroatoms. The van der Waals surface area contributed by atoms with Gasteiger partial charge in [-0.15, -0.1) is 11.3 Å². The zero-order chi connectivity index (χ0) is 16.5. The van der Waals surface area contributed by atoms with Gasteiger partial charge in [0.15, 0.2) is 0 Å². The van der Waals surface area contributed by atoms with Crippen molar-refractivity contribution in [1.82, 2.24) is 4.98 Å². The molecule has 2 aliphatic carbocycles. The predicted molar refractivity (Wildman–Crippen MR) is 96.6 cm³/mol. The van der Waals surface area contributed by atoms with Crippen LogP contribution in [0.15, 0.2) is 35.9 Å². The summed E-state index contributed by atoms with van der Waals surface area (Å²) in [5.74, 6) is -0.0466. The van der Waals surface area contributed by atoms with Crippen LogP contribution in [0.4, 0.5) is 0 Å². The van der Waals surface area contributed by atoms with E-state index in [1.54, 1.807) is 29.0 Å². The molecule has 0 atom stereocenters. The number of thiazole rings is 1. The van der Waals surface area contributed by atoms with Gasteiger partial charge in [-0.3, -0.25) is 0 Å². The Morgan fingerprint density at radius 3 is 2.54 bits per heavy atom. The van der Waals surface area contributed by atoms with Crippen LogP contribution >= 0.6 is 11.3 Å². The summed E-state index contributed by atoms with van der Waals surface area (Å²) in [5, 5.41) is 10.0. The number of hydrogen-bond acceptors (Lipinski definition) is 3. The Bertz CT molecular complexity index is 757. The van der Waals surface area contributed by atoms with Gasteiger partial charge in [0.1, 0.15) is 5.01 Å². The summed E-state index contributed by atoms with van der Waals surface area (Å²) < 4.78 is 0. The summed E-state index contributed by atoms with van der Waals surface area (Å²) >= 11 is 1.77. The number of carboxylic acid groups (broad SMARTS) is 1. The highest BCUT2D eigenvalue weighted by Gasteiger charge is 2.20. The van der Waals surface area contributed by atoms with Gasteiger partial charge in [-0.2, -0.15) is 0 Å². The number of carbonyl (C=O) groups is 1. The topological polar surface area (TPSA) is 50.2 Å². The highest BCUT2D eigenvalue weighted by molar-refractivity contribution is 7.15. The highest BCUT2D eigenvalue weighted by Crippen LogP contribution is 2.35. The first-order valence-corrected chi connectivity index (χ1v) is 9.52. The standard InChI is InChI=1S/C20H21NO2S/c22-20(23)16-8-6-15(7-9-16)19-21-17-10-4-14(5-11-18(17)24-19)12-13-2-1-3-13/h6-9,12-13H,1-5,10-11H2,(H,22,23). The van der Waals surface area contributed by atoms with Gasteiger partial charge in [-0.25, -0.2) is 9.78 Å². The molecule has 0 unspecified atom stereocenters. The minimum absolute atomic E-state index is 0.322. The average molecular weight is 339 g/mol. The number of rotatable bonds is 3. The zero-order valence-electron chi connectivity index (χ0n) is 13.6. The molecule has 1 N–H and O–H groups in total. The summed E-state index contributed by atoms with van der Waals surface area (Å²) in [4.78, 5) is 17.2. The number of carboxylic acids is 1. The maximum absolute atomic E-state index is 11.0. The third-order valence-electron chi connectivity index (χ3n) is 5.13. The summed E-state index contributed by atoms with van der Waals surface area (Å²) in [6.07, 6.45) is 11.1. The lowest BCUT2D eigenvalue weighted by atomic mass is 9.83. The summed E-state index contributed by atoms with van der Waals surface area (Å²) in [6.45, 7) is 0. The van der Waals surface area contributed by atoms with Crippen molar-refractivity contribution >= 4 is 17.3 Å². The van der Waals surface area contributed by atoms with Crippen molar-refractivity contribution in [2.24, 2.45) is 5.92 Å². The van der Waals surface area contributed by atoms with Gasteiger partial charge in [0.25, 0.3) is 0 Å². The largest absolute Gasteiger partial charge is 0.478 e. The first kappa shape index (κ1) is 15.6. The van der Waals surface area contributed by atoms with Crippen LogP contribution in [0.5, 0.6) is 0 Å². The molecule has 24 heavy (non-hydrogen) atoms. The van der Waals surface area contributed by atoms with Crippen molar-refractivity contribution in [3.8, 4) is 10.6 Å². The van der Waals surface area contributed by atoms with Crippen molar-refractivity contribution in [3.05, 3.63) is 52.0 Å². The van der Waals surface area contributed by atoms with Gasteiger partial charge in [-0.05, 0) is 56.6 Å². The van der Waals surface area contributed by atoms with Crippen molar-refractivity contribution in [2.45, 2.75) is 44.9 Å². The molecule has 0 radical (unpaired) electrons. The number of hydrogen-bond donors (Lipinski definition) is 1. The van der Waals surface area contributed by atoms with E-state index >= 15 is 0 Å². The third kappa shape index (κ3) is 3.16. The number of fused-ring (bicyclic) bond motifs is 1. The van der Waals surface area contributed by atoms with E-state index in [4.69, 9.17) is 10.1 Å². The lowest BCUT2D eigenvalue weighted by molar-refractivity contribution is 0.0697. The van der Waals surface area contributed by atoms with Crippen LogP contribution in [0, 0.1) is 5.92 Å². The highest BCUT2D eigenvalue weighted by atomic mass is 32.1. The van der Waals surface area contributed by atoms with E-state index < -0.39 is 5.97 Å². The Balaban J connectivity index is 1.51. The molecule has 3 nitrogen and oxygen atoms in total. The molecule has 0 bridgehead atoms. The Kier molecular flexibility index (Phi) is 4.23. The first-order valence-electron chi connectivity index (χ1n) is 8.71. The van der Waals surface area contributed by atoms with Gasteiger partial charge < -0.3 is 5.11 Å². The van der Waals surface area contributed by atoms with Gasteiger partial charge in [0, 0.05) is 10.4 Å². The number of aromatic nitrogens is 1. The Morgan fingerprint density at radius 1 is 1.12 bits per heavy atom. The average Bonchev–Trinajstić information content (AvgIpc) is 2.87. The maximum atomic E-state index is 11.0. The van der Waals surface area contributed by atoms with Crippen molar-refractivity contribution in [1.29, 1.82) is 0 Å². The quantitative estimate of drug-likeness (QED) is 0.624. The molecule has 1 heterocycles.